The summed E-state index contributed by atoms with van der Waals surface area (Å²) in [5.41, 5.74) is 1.81. The lowest BCUT2D eigenvalue weighted by molar-refractivity contribution is -0.111. The van der Waals surface area contributed by atoms with Gasteiger partial charge < -0.3 is 4.74 Å². The SMILES string of the molecule is COc1cccc(C=CC(=O)Nc2nc(C)cs2)c1. The summed E-state index contributed by atoms with van der Waals surface area (Å²) >= 11 is 1.41. The highest BCUT2D eigenvalue weighted by molar-refractivity contribution is 7.13. The average Bonchev–Trinajstić information content (AvgIpc) is 2.82. The minimum atomic E-state index is -0.197. The number of carbonyl (C=O) groups is 1. The number of aryl methyl sites for hydroxylation is 1. The molecular weight excluding hydrogens is 260 g/mol. The van der Waals surface area contributed by atoms with Crippen molar-refractivity contribution >= 4 is 28.5 Å². The standard InChI is InChI=1S/C14H14N2O2S/c1-10-9-19-14(15-10)16-13(17)7-6-11-4-3-5-12(8-11)18-2/h3-9H,1-2H3,(H,15,16,17). The Morgan fingerprint density at radius 1 is 1.47 bits per heavy atom. The molecule has 2 rings (SSSR count). The van der Waals surface area contributed by atoms with Gasteiger partial charge in [0.15, 0.2) is 5.13 Å². The molecule has 5 heteroatoms. The van der Waals surface area contributed by atoms with Gasteiger partial charge in [0.1, 0.15) is 5.75 Å². The third-order valence-electron chi connectivity index (χ3n) is 2.37. The number of anilines is 1. The lowest BCUT2D eigenvalue weighted by atomic mass is 10.2. The van der Waals surface area contributed by atoms with Crippen molar-refractivity contribution in [2.45, 2.75) is 6.92 Å². The zero-order chi connectivity index (χ0) is 13.7. The van der Waals surface area contributed by atoms with Crippen molar-refractivity contribution in [3.63, 3.8) is 0 Å². The number of hydrogen-bond acceptors (Lipinski definition) is 4. The fraction of sp³-hybridized carbons (Fsp3) is 0.143. The van der Waals surface area contributed by atoms with Gasteiger partial charge in [-0.3, -0.25) is 10.1 Å². The summed E-state index contributed by atoms with van der Waals surface area (Å²) in [7, 11) is 1.61. The van der Waals surface area contributed by atoms with Crippen molar-refractivity contribution in [2.24, 2.45) is 0 Å². The smallest absolute Gasteiger partial charge is 0.250 e. The molecule has 1 aromatic heterocycles. The van der Waals surface area contributed by atoms with E-state index in [1.165, 1.54) is 17.4 Å². The zero-order valence-corrected chi connectivity index (χ0v) is 11.5. The van der Waals surface area contributed by atoms with Crippen LogP contribution in [0.1, 0.15) is 11.3 Å². The van der Waals surface area contributed by atoms with Crippen LogP contribution in [-0.4, -0.2) is 18.0 Å². The summed E-state index contributed by atoms with van der Waals surface area (Å²) in [6.45, 7) is 1.89. The van der Waals surface area contributed by atoms with E-state index in [2.05, 4.69) is 10.3 Å². The zero-order valence-electron chi connectivity index (χ0n) is 10.7. The highest BCUT2D eigenvalue weighted by Gasteiger charge is 2.01. The molecule has 0 aliphatic rings. The van der Waals surface area contributed by atoms with E-state index >= 15 is 0 Å². The van der Waals surface area contributed by atoms with Crippen molar-refractivity contribution in [1.29, 1.82) is 0 Å². The van der Waals surface area contributed by atoms with Gasteiger partial charge in [-0.2, -0.15) is 0 Å². The fourth-order valence-corrected chi connectivity index (χ4v) is 2.17. The van der Waals surface area contributed by atoms with Gasteiger partial charge in [0, 0.05) is 11.5 Å². The molecule has 2 aromatic rings. The average molecular weight is 274 g/mol. The molecule has 19 heavy (non-hydrogen) atoms. The maximum atomic E-state index is 11.7. The van der Waals surface area contributed by atoms with E-state index in [0.717, 1.165) is 17.0 Å². The van der Waals surface area contributed by atoms with Crippen molar-refractivity contribution in [3.05, 3.63) is 47.0 Å². The lowest BCUT2D eigenvalue weighted by Crippen LogP contribution is -2.07. The topological polar surface area (TPSA) is 51.2 Å². The van der Waals surface area contributed by atoms with Gasteiger partial charge in [-0.25, -0.2) is 4.98 Å². The Balaban J connectivity index is 1.99. The summed E-state index contributed by atoms with van der Waals surface area (Å²) in [6, 6.07) is 7.49. The van der Waals surface area contributed by atoms with Gasteiger partial charge in [0.05, 0.1) is 12.8 Å². The van der Waals surface area contributed by atoms with Gasteiger partial charge >= 0.3 is 0 Å². The van der Waals surface area contributed by atoms with Crippen molar-refractivity contribution < 1.29 is 9.53 Å². The molecule has 1 aromatic carbocycles. The van der Waals surface area contributed by atoms with Crippen LogP contribution in [0.4, 0.5) is 5.13 Å². The van der Waals surface area contributed by atoms with Gasteiger partial charge in [-0.15, -0.1) is 11.3 Å². The van der Waals surface area contributed by atoms with Crippen LogP contribution in [0.2, 0.25) is 0 Å². The number of thiazole rings is 1. The third kappa shape index (κ3) is 3.93. The van der Waals surface area contributed by atoms with Crippen molar-refractivity contribution in [3.8, 4) is 5.75 Å². The van der Waals surface area contributed by atoms with Crippen LogP contribution < -0.4 is 10.1 Å². The van der Waals surface area contributed by atoms with Gasteiger partial charge in [-0.05, 0) is 30.7 Å². The summed E-state index contributed by atoms with van der Waals surface area (Å²) in [5.74, 6) is 0.565. The molecule has 0 saturated carbocycles. The molecule has 0 aliphatic heterocycles. The van der Waals surface area contributed by atoms with E-state index in [-0.39, 0.29) is 5.91 Å². The first-order valence-corrected chi connectivity index (χ1v) is 6.60. The molecular formula is C14H14N2O2S. The highest BCUT2D eigenvalue weighted by atomic mass is 32.1. The van der Waals surface area contributed by atoms with E-state index in [1.54, 1.807) is 13.2 Å². The lowest BCUT2D eigenvalue weighted by Gasteiger charge is -2.00. The number of hydrogen-bond donors (Lipinski definition) is 1. The molecule has 0 atom stereocenters. The van der Waals surface area contributed by atoms with Crippen LogP contribution in [0.25, 0.3) is 6.08 Å². The van der Waals surface area contributed by atoms with Gasteiger partial charge in [0.25, 0.3) is 0 Å². The number of ether oxygens (including phenoxy) is 1. The summed E-state index contributed by atoms with van der Waals surface area (Å²) in [4.78, 5) is 15.9. The Morgan fingerprint density at radius 2 is 2.32 bits per heavy atom. The monoisotopic (exact) mass is 274 g/mol. The van der Waals surface area contributed by atoms with E-state index < -0.39 is 0 Å². The Morgan fingerprint density at radius 3 is 3.00 bits per heavy atom. The summed E-state index contributed by atoms with van der Waals surface area (Å²) in [5, 5.41) is 5.21. The summed E-state index contributed by atoms with van der Waals surface area (Å²) in [6.07, 6.45) is 3.21. The number of aromatic nitrogens is 1. The number of nitrogens with zero attached hydrogens (tertiary/aromatic N) is 1. The minimum Gasteiger partial charge on any atom is -0.497 e. The molecule has 0 bridgehead atoms. The second-order valence-corrected chi connectivity index (χ2v) is 4.75. The molecule has 0 unspecified atom stereocenters. The number of amides is 1. The Labute approximate surface area is 115 Å². The van der Waals surface area contributed by atoms with Crippen LogP contribution in [0, 0.1) is 6.92 Å². The second-order valence-electron chi connectivity index (χ2n) is 3.89. The Hall–Kier alpha value is -2.14. The molecule has 1 amide bonds. The van der Waals surface area contributed by atoms with E-state index in [9.17, 15) is 4.79 Å². The molecule has 1 N–H and O–H groups in total. The van der Waals surface area contributed by atoms with Crippen LogP contribution in [0.5, 0.6) is 5.75 Å². The van der Waals surface area contributed by atoms with E-state index in [1.807, 2.05) is 36.6 Å². The molecule has 0 radical (unpaired) electrons. The predicted octanol–water partition coefficient (Wildman–Crippen LogP) is 3.11. The minimum absolute atomic E-state index is 0.197. The number of methoxy groups -OCH3 is 1. The van der Waals surface area contributed by atoms with E-state index in [4.69, 9.17) is 4.74 Å². The highest BCUT2D eigenvalue weighted by Crippen LogP contribution is 2.15. The largest absolute Gasteiger partial charge is 0.497 e. The quantitative estimate of drug-likeness (QED) is 0.871. The molecule has 98 valence electrons. The van der Waals surface area contributed by atoms with Crippen molar-refractivity contribution in [2.75, 3.05) is 12.4 Å². The number of carbonyl (C=O) groups excluding carboxylic acids is 1. The van der Waals surface area contributed by atoms with Crippen LogP contribution >= 0.6 is 11.3 Å². The van der Waals surface area contributed by atoms with Crippen LogP contribution in [0.15, 0.2) is 35.7 Å². The molecule has 0 saturated heterocycles. The molecule has 1 heterocycles. The molecule has 4 nitrogen and oxygen atoms in total. The van der Waals surface area contributed by atoms with Crippen LogP contribution in [0.3, 0.4) is 0 Å². The van der Waals surface area contributed by atoms with Crippen LogP contribution in [-0.2, 0) is 4.79 Å². The summed E-state index contributed by atoms with van der Waals surface area (Å²) < 4.78 is 5.12. The maximum Gasteiger partial charge on any atom is 0.250 e. The first-order valence-electron chi connectivity index (χ1n) is 5.72. The van der Waals surface area contributed by atoms with E-state index in [0.29, 0.717) is 5.13 Å². The second kappa shape index (κ2) is 6.15. The van der Waals surface area contributed by atoms with Gasteiger partial charge in [0.2, 0.25) is 5.91 Å². The third-order valence-corrected chi connectivity index (χ3v) is 3.25. The number of nitrogens with one attached hydrogen (secondary N) is 1. The fourth-order valence-electron chi connectivity index (χ4n) is 1.48. The van der Waals surface area contributed by atoms with Gasteiger partial charge in [-0.1, -0.05) is 12.1 Å². The molecule has 0 aliphatic carbocycles. The maximum absolute atomic E-state index is 11.7. The molecule has 0 spiro atoms. The first-order chi connectivity index (χ1) is 9.17. The molecule has 0 fully saturated rings. The Kier molecular flexibility index (Phi) is 4.30. The normalized spacial score (nSPS) is 10.6. The van der Waals surface area contributed by atoms with Crippen molar-refractivity contribution in [1.82, 2.24) is 4.98 Å². The number of benzene rings is 1. The predicted molar refractivity (Wildman–Crippen MR) is 77.5 cm³/mol. The Bertz CT molecular complexity index is 605. The number of rotatable bonds is 4. The first kappa shape index (κ1) is 13.3.